The Morgan fingerprint density at radius 1 is 1.28 bits per heavy atom. The molecule has 1 heterocycles. The molecule has 132 valence electrons. The summed E-state index contributed by atoms with van der Waals surface area (Å²) in [5.74, 6) is -1.45. The van der Waals surface area contributed by atoms with Gasteiger partial charge in [0.1, 0.15) is 0 Å². The summed E-state index contributed by atoms with van der Waals surface area (Å²) in [5.41, 5.74) is -0.474. The van der Waals surface area contributed by atoms with Crippen LogP contribution < -0.4 is 16.2 Å². The molecule has 0 aliphatic carbocycles. The van der Waals surface area contributed by atoms with E-state index >= 15 is 0 Å². The van der Waals surface area contributed by atoms with E-state index in [0.717, 1.165) is 11.8 Å². The van der Waals surface area contributed by atoms with E-state index in [-0.39, 0.29) is 16.8 Å². The minimum atomic E-state index is -0.712. The van der Waals surface area contributed by atoms with Crippen LogP contribution in [0.5, 0.6) is 5.88 Å². The van der Waals surface area contributed by atoms with E-state index < -0.39 is 22.6 Å². The number of amides is 2. The van der Waals surface area contributed by atoms with Gasteiger partial charge in [0.2, 0.25) is 17.7 Å². The van der Waals surface area contributed by atoms with Crippen molar-refractivity contribution in [1.29, 1.82) is 0 Å². The lowest BCUT2D eigenvalue weighted by Gasteiger charge is -2.12. The normalized spacial score (nSPS) is 11.6. The summed E-state index contributed by atoms with van der Waals surface area (Å²) in [4.78, 5) is 41.2. The molecule has 0 aliphatic rings. The minimum Gasteiger partial charge on any atom is -0.492 e. The molecule has 2 amide bonds. The molecule has 0 fully saturated rings. The van der Waals surface area contributed by atoms with Gasteiger partial charge in [0.25, 0.3) is 5.56 Å². The van der Waals surface area contributed by atoms with Gasteiger partial charge < -0.3 is 15.7 Å². The zero-order chi connectivity index (χ0) is 18.6. The number of carbonyl (C=O) groups excluding carboxylic acids is 2. The van der Waals surface area contributed by atoms with E-state index in [1.807, 2.05) is 0 Å². The van der Waals surface area contributed by atoms with Gasteiger partial charge in [-0.1, -0.05) is 23.4 Å². The van der Waals surface area contributed by atoms with E-state index in [2.05, 4.69) is 20.6 Å². The predicted molar refractivity (Wildman–Crippen MR) is 96.2 cm³/mol. The molecule has 2 rings (SSSR count). The molecule has 4 N–H and O–H groups in total. The average Bonchev–Trinajstić information content (AvgIpc) is 2.53. The number of nitrogens with one attached hydrogen (secondary N) is 3. The quantitative estimate of drug-likeness (QED) is 0.464. The van der Waals surface area contributed by atoms with Crippen LogP contribution in [-0.4, -0.2) is 32.1 Å². The number of halogens is 1. The van der Waals surface area contributed by atoms with Crippen LogP contribution in [-0.2, 0) is 9.59 Å². The second-order valence-corrected chi connectivity index (χ2v) is 6.77. The highest BCUT2D eigenvalue weighted by atomic mass is 35.5. The van der Waals surface area contributed by atoms with Gasteiger partial charge in [0.15, 0.2) is 10.8 Å². The van der Waals surface area contributed by atoms with Gasteiger partial charge in [-0.2, -0.15) is 4.98 Å². The van der Waals surface area contributed by atoms with Crippen molar-refractivity contribution in [3.63, 3.8) is 0 Å². The molecule has 1 atom stereocenters. The third-order valence-electron chi connectivity index (χ3n) is 2.95. The van der Waals surface area contributed by atoms with E-state index in [0.29, 0.717) is 10.7 Å². The molecule has 0 saturated carbocycles. The number of aromatic amines is 1. The van der Waals surface area contributed by atoms with Crippen molar-refractivity contribution in [2.75, 3.05) is 10.6 Å². The van der Waals surface area contributed by atoms with Crippen molar-refractivity contribution in [1.82, 2.24) is 9.97 Å². The van der Waals surface area contributed by atoms with Crippen molar-refractivity contribution >= 4 is 46.6 Å². The molecule has 0 radical (unpaired) electrons. The fourth-order valence-corrected chi connectivity index (χ4v) is 2.70. The topological polar surface area (TPSA) is 124 Å². The zero-order valence-electron chi connectivity index (χ0n) is 13.3. The number of rotatable bonds is 5. The second kappa shape index (κ2) is 8.04. The van der Waals surface area contributed by atoms with Crippen molar-refractivity contribution < 1.29 is 14.7 Å². The Kier molecular flexibility index (Phi) is 6.05. The Morgan fingerprint density at radius 3 is 2.48 bits per heavy atom. The molecule has 0 saturated heterocycles. The third kappa shape index (κ3) is 5.23. The molecular formula is C15H15ClN4O4S. The van der Waals surface area contributed by atoms with Crippen molar-refractivity contribution in [2.24, 2.45) is 0 Å². The monoisotopic (exact) mass is 382 g/mol. The first-order valence-corrected chi connectivity index (χ1v) is 8.36. The lowest BCUT2D eigenvalue weighted by molar-refractivity contribution is -0.115. The minimum absolute atomic E-state index is 0.0513. The van der Waals surface area contributed by atoms with Crippen molar-refractivity contribution in [3.8, 4) is 5.88 Å². The number of aromatic nitrogens is 2. The van der Waals surface area contributed by atoms with Gasteiger partial charge in [-0.15, -0.1) is 0 Å². The Balaban J connectivity index is 2.08. The number of nitrogens with zero attached hydrogens (tertiary/aromatic N) is 1. The fourth-order valence-electron chi connectivity index (χ4n) is 1.78. The first-order chi connectivity index (χ1) is 11.8. The van der Waals surface area contributed by atoms with E-state index in [1.54, 1.807) is 31.2 Å². The largest absolute Gasteiger partial charge is 0.492 e. The highest BCUT2D eigenvalue weighted by Gasteiger charge is 2.18. The molecule has 1 aromatic heterocycles. The Bertz CT molecular complexity index is 854. The highest BCUT2D eigenvalue weighted by molar-refractivity contribution is 8.00. The third-order valence-corrected chi connectivity index (χ3v) is 4.19. The summed E-state index contributed by atoms with van der Waals surface area (Å²) in [6.07, 6.45) is 0. The van der Waals surface area contributed by atoms with Crippen LogP contribution in [0.15, 0.2) is 34.2 Å². The maximum Gasteiger partial charge on any atom is 0.279 e. The molecule has 0 aliphatic heterocycles. The maximum atomic E-state index is 12.2. The van der Waals surface area contributed by atoms with Crippen LogP contribution in [0.1, 0.15) is 13.8 Å². The van der Waals surface area contributed by atoms with E-state index in [9.17, 15) is 19.5 Å². The molecule has 10 heteroatoms. The Hall–Kier alpha value is -2.52. The number of hydrogen-bond donors (Lipinski definition) is 4. The summed E-state index contributed by atoms with van der Waals surface area (Å²) in [6, 6.07) is 6.61. The molecular weight excluding hydrogens is 368 g/mol. The molecule has 0 bridgehead atoms. The van der Waals surface area contributed by atoms with Crippen LogP contribution in [0, 0.1) is 0 Å². The lowest BCUT2D eigenvalue weighted by Crippen LogP contribution is -2.24. The van der Waals surface area contributed by atoms with Gasteiger partial charge >= 0.3 is 0 Å². The van der Waals surface area contributed by atoms with Crippen molar-refractivity contribution in [2.45, 2.75) is 24.3 Å². The number of carbonyl (C=O) groups is 2. The summed E-state index contributed by atoms with van der Waals surface area (Å²) in [6.45, 7) is 2.82. The number of benzene rings is 1. The maximum absolute atomic E-state index is 12.2. The Morgan fingerprint density at radius 2 is 1.92 bits per heavy atom. The van der Waals surface area contributed by atoms with E-state index in [4.69, 9.17) is 11.6 Å². The van der Waals surface area contributed by atoms with Gasteiger partial charge in [-0.25, -0.2) is 0 Å². The number of H-pyrrole nitrogens is 1. The number of thioether (sulfide) groups is 1. The fraction of sp³-hybridized carbons (Fsp3) is 0.200. The SMILES string of the molecule is CC(=O)Nc1c(O)nc(SC(C)C(=O)Nc2ccc(Cl)cc2)[nH]c1=O. The average molecular weight is 383 g/mol. The molecule has 1 unspecified atom stereocenters. The lowest BCUT2D eigenvalue weighted by atomic mass is 10.3. The summed E-state index contributed by atoms with van der Waals surface area (Å²) in [7, 11) is 0. The van der Waals surface area contributed by atoms with Crippen LogP contribution in [0.25, 0.3) is 0 Å². The van der Waals surface area contributed by atoms with Crippen LogP contribution in [0.4, 0.5) is 11.4 Å². The van der Waals surface area contributed by atoms with Crippen LogP contribution >= 0.6 is 23.4 Å². The first-order valence-electron chi connectivity index (χ1n) is 7.10. The first kappa shape index (κ1) is 18.8. The zero-order valence-corrected chi connectivity index (χ0v) is 14.9. The molecule has 8 nitrogen and oxygen atoms in total. The molecule has 0 spiro atoms. The second-order valence-electron chi connectivity index (χ2n) is 5.01. The van der Waals surface area contributed by atoms with E-state index in [1.165, 1.54) is 6.92 Å². The number of anilines is 2. The number of hydrogen-bond acceptors (Lipinski definition) is 6. The standard InChI is InChI=1S/C15H15ClN4O4S/c1-7(12(22)18-10-5-3-9(16)4-6-10)25-15-19-13(23)11(14(24)20-15)17-8(2)21/h3-7H,1-2H3,(H,17,21)(H,18,22)(H2,19,20,23,24). The number of aromatic hydroxyl groups is 1. The van der Waals surface area contributed by atoms with Crippen LogP contribution in [0.2, 0.25) is 5.02 Å². The smallest absolute Gasteiger partial charge is 0.279 e. The predicted octanol–water partition coefficient (Wildman–Crippen LogP) is 2.21. The summed E-state index contributed by atoms with van der Waals surface area (Å²) in [5, 5.41) is 14.6. The van der Waals surface area contributed by atoms with Gasteiger partial charge in [0.05, 0.1) is 5.25 Å². The Labute approximate surface area is 152 Å². The van der Waals surface area contributed by atoms with Gasteiger partial charge in [0, 0.05) is 17.6 Å². The molecule has 2 aromatic rings. The molecule has 1 aromatic carbocycles. The van der Waals surface area contributed by atoms with Crippen molar-refractivity contribution in [3.05, 3.63) is 39.6 Å². The highest BCUT2D eigenvalue weighted by Crippen LogP contribution is 2.24. The molecule has 25 heavy (non-hydrogen) atoms. The summed E-state index contributed by atoms with van der Waals surface area (Å²) < 4.78 is 0. The van der Waals surface area contributed by atoms with Crippen LogP contribution in [0.3, 0.4) is 0 Å². The van der Waals surface area contributed by atoms with Gasteiger partial charge in [-0.3, -0.25) is 19.4 Å². The summed E-state index contributed by atoms with van der Waals surface area (Å²) >= 11 is 6.74. The van der Waals surface area contributed by atoms with Gasteiger partial charge in [-0.05, 0) is 31.2 Å².